The van der Waals surface area contributed by atoms with Gasteiger partial charge in [0.05, 0.1) is 42.6 Å². The second kappa shape index (κ2) is 11.8. The van der Waals surface area contributed by atoms with Crippen molar-refractivity contribution >= 4 is 44.1 Å². The summed E-state index contributed by atoms with van der Waals surface area (Å²) < 4.78 is 40.6. The SMILES string of the molecule is COc1ccc(SN(CC#N)c2ccc(N(CC#N)S(=O)(=O)c3ccc(OC)cc3)c3ccccc23)cc1. The summed E-state index contributed by atoms with van der Waals surface area (Å²) in [6, 6.07) is 28.5. The van der Waals surface area contributed by atoms with Crippen LogP contribution in [0.15, 0.2) is 94.7 Å². The highest BCUT2D eigenvalue weighted by Crippen LogP contribution is 2.40. The van der Waals surface area contributed by atoms with Crippen LogP contribution in [0.3, 0.4) is 0 Å². The molecular formula is C28H24N4O4S2. The molecule has 0 saturated heterocycles. The molecule has 0 unspecified atom stereocenters. The molecule has 0 radical (unpaired) electrons. The van der Waals surface area contributed by atoms with E-state index in [9.17, 15) is 18.9 Å². The standard InChI is InChI=1S/C28H24N4O4S2/c1-35-21-7-11-23(12-8-21)37-31(19-17-29)27-15-16-28(26-6-4-3-5-25(26)27)32(20-18-30)38(33,34)24-13-9-22(36-2)10-14-24/h3-16H,19-20H2,1-2H3. The quantitative estimate of drug-likeness (QED) is 0.187. The molecule has 0 atom stereocenters. The van der Waals surface area contributed by atoms with E-state index >= 15 is 0 Å². The molecule has 4 aromatic rings. The first-order valence-corrected chi connectivity index (χ1v) is 13.7. The van der Waals surface area contributed by atoms with Gasteiger partial charge in [0.1, 0.15) is 24.6 Å². The number of benzene rings is 4. The van der Waals surface area contributed by atoms with E-state index in [4.69, 9.17) is 9.47 Å². The van der Waals surface area contributed by atoms with Crippen molar-refractivity contribution in [3.63, 3.8) is 0 Å². The van der Waals surface area contributed by atoms with E-state index in [1.807, 2.05) is 58.9 Å². The topological polar surface area (TPSA) is 107 Å². The maximum atomic E-state index is 13.6. The molecule has 0 bridgehead atoms. The van der Waals surface area contributed by atoms with Crippen molar-refractivity contribution < 1.29 is 17.9 Å². The van der Waals surface area contributed by atoms with E-state index < -0.39 is 10.0 Å². The minimum Gasteiger partial charge on any atom is -0.497 e. The monoisotopic (exact) mass is 544 g/mol. The van der Waals surface area contributed by atoms with Crippen LogP contribution in [-0.4, -0.2) is 35.7 Å². The number of sulfonamides is 1. The van der Waals surface area contributed by atoms with Crippen molar-refractivity contribution in [2.24, 2.45) is 0 Å². The fourth-order valence-corrected chi connectivity index (χ4v) is 6.21. The molecule has 4 aromatic carbocycles. The number of hydrogen-bond donors (Lipinski definition) is 0. The van der Waals surface area contributed by atoms with E-state index in [0.717, 1.165) is 26.0 Å². The Kier molecular flexibility index (Phi) is 8.27. The van der Waals surface area contributed by atoms with Crippen LogP contribution in [0.5, 0.6) is 11.5 Å². The van der Waals surface area contributed by atoms with E-state index in [1.165, 1.54) is 31.2 Å². The first kappa shape index (κ1) is 26.7. The van der Waals surface area contributed by atoms with Gasteiger partial charge in [-0.1, -0.05) is 24.3 Å². The molecule has 0 saturated carbocycles. The molecule has 0 spiro atoms. The third-order valence-electron chi connectivity index (χ3n) is 5.77. The lowest BCUT2D eigenvalue weighted by atomic mass is 10.1. The maximum absolute atomic E-state index is 13.6. The van der Waals surface area contributed by atoms with Gasteiger partial charge >= 0.3 is 0 Å². The van der Waals surface area contributed by atoms with Gasteiger partial charge in [0.15, 0.2) is 0 Å². The first-order chi connectivity index (χ1) is 18.4. The van der Waals surface area contributed by atoms with Crippen LogP contribution in [-0.2, 0) is 10.0 Å². The molecule has 10 heteroatoms. The lowest BCUT2D eigenvalue weighted by Gasteiger charge is -2.27. The van der Waals surface area contributed by atoms with Crippen LogP contribution in [0.2, 0.25) is 0 Å². The Morgan fingerprint density at radius 1 is 0.737 bits per heavy atom. The zero-order valence-corrected chi connectivity index (χ0v) is 22.4. The molecule has 0 amide bonds. The predicted octanol–water partition coefficient (Wildman–Crippen LogP) is 5.61. The minimum atomic E-state index is -4.06. The lowest BCUT2D eigenvalue weighted by Crippen LogP contribution is -2.31. The Balaban J connectivity index is 1.80. The van der Waals surface area contributed by atoms with Gasteiger partial charge in [-0.15, -0.1) is 0 Å². The van der Waals surface area contributed by atoms with Crippen molar-refractivity contribution in [2.45, 2.75) is 9.79 Å². The second-order valence-electron chi connectivity index (χ2n) is 7.96. The zero-order chi connectivity index (χ0) is 27.1. The van der Waals surface area contributed by atoms with E-state index in [1.54, 1.807) is 31.4 Å². The highest BCUT2D eigenvalue weighted by Gasteiger charge is 2.27. The molecule has 38 heavy (non-hydrogen) atoms. The highest BCUT2D eigenvalue weighted by molar-refractivity contribution is 8.00. The molecule has 0 aliphatic rings. The van der Waals surface area contributed by atoms with Crippen molar-refractivity contribution in [1.29, 1.82) is 10.5 Å². The third-order valence-corrected chi connectivity index (χ3v) is 8.57. The highest BCUT2D eigenvalue weighted by atomic mass is 32.2. The molecular weight excluding hydrogens is 520 g/mol. The summed E-state index contributed by atoms with van der Waals surface area (Å²) in [6.07, 6.45) is 0. The number of fused-ring (bicyclic) bond motifs is 1. The fraction of sp³-hybridized carbons (Fsp3) is 0.143. The van der Waals surface area contributed by atoms with Gasteiger partial charge in [0.25, 0.3) is 10.0 Å². The number of nitrogens with zero attached hydrogens (tertiary/aromatic N) is 4. The summed E-state index contributed by atoms with van der Waals surface area (Å²) in [7, 11) is -0.958. The predicted molar refractivity (Wildman–Crippen MR) is 149 cm³/mol. The Hall–Kier alpha value is -4.38. The number of hydrogen-bond acceptors (Lipinski definition) is 8. The second-order valence-corrected chi connectivity index (χ2v) is 10.9. The van der Waals surface area contributed by atoms with Crippen LogP contribution >= 0.6 is 11.9 Å². The largest absolute Gasteiger partial charge is 0.497 e. The maximum Gasteiger partial charge on any atom is 0.265 e. The molecule has 0 fully saturated rings. The fourth-order valence-electron chi connectivity index (χ4n) is 3.94. The Morgan fingerprint density at radius 3 is 1.82 bits per heavy atom. The van der Waals surface area contributed by atoms with Gasteiger partial charge in [-0.25, -0.2) is 8.42 Å². The Labute approximate surface area is 226 Å². The Morgan fingerprint density at radius 2 is 1.26 bits per heavy atom. The molecule has 0 aromatic heterocycles. The van der Waals surface area contributed by atoms with Gasteiger partial charge in [-0.05, 0) is 72.6 Å². The summed E-state index contributed by atoms with van der Waals surface area (Å²) in [5.41, 5.74) is 1.11. The van der Waals surface area contributed by atoms with Gasteiger partial charge < -0.3 is 9.47 Å². The first-order valence-electron chi connectivity index (χ1n) is 11.4. The number of ether oxygens (including phenoxy) is 2. The average Bonchev–Trinajstić information content (AvgIpc) is 2.95. The van der Waals surface area contributed by atoms with Crippen LogP contribution in [0, 0.1) is 22.7 Å². The van der Waals surface area contributed by atoms with Crippen LogP contribution in [0.4, 0.5) is 11.4 Å². The normalized spacial score (nSPS) is 10.8. The molecule has 0 aliphatic heterocycles. The van der Waals surface area contributed by atoms with Gasteiger partial charge in [0.2, 0.25) is 0 Å². The smallest absolute Gasteiger partial charge is 0.265 e. The van der Waals surface area contributed by atoms with Crippen LogP contribution < -0.4 is 18.1 Å². The zero-order valence-electron chi connectivity index (χ0n) is 20.7. The van der Waals surface area contributed by atoms with Crippen molar-refractivity contribution in [2.75, 3.05) is 35.9 Å². The number of methoxy groups -OCH3 is 2. The molecule has 0 N–H and O–H groups in total. The number of rotatable bonds is 10. The summed E-state index contributed by atoms with van der Waals surface area (Å²) >= 11 is 1.39. The summed E-state index contributed by atoms with van der Waals surface area (Å²) in [6.45, 7) is -0.285. The van der Waals surface area contributed by atoms with E-state index in [0.29, 0.717) is 16.8 Å². The summed E-state index contributed by atoms with van der Waals surface area (Å²) in [5.74, 6) is 1.25. The number of nitriles is 2. The summed E-state index contributed by atoms with van der Waals surface area (Å²) in [4.78, 5) is 0.949. The van der Waals surface area contributed by atoms with E-state index in [-0.39, 0.29) is 18.0 Å². The molecule has 0 aliphatic carbocycles. The van der Waals surface area contributed by atoms with Crippen molar-refractivity contribution in [3.05, 3.63) is 84.9 Å². The number of anilines is 2. The third kappa shape index (κ3) is 5.47. The average molecular weight is 545 g/mol. The molecule has 192 valence electrons. The molecule has 0 heterocycles. The van der Waals surface area contributed by atoms with Gasteiger partial charge in [-0.2, -0.15) is 10.5 Å². The van der Waals surface area contributed by atoms with Crippen molar-refractivity contribution in [1.82, 2.24) is 0 Å². The van der Waals surface area contributed by atoms with Crippen molar-refractivity contribution in [3.8, 4) is 23.6 Å². The van der Waals surface area contributed by atoms with Crippen LogP contribution in [0.1, 0.15) is 0 Å². The van der Waals surface area contributed by atoms with Crippen LogP contribution in [0.25, 0.3) is 10.8 Å². The van der Waals surface area contributed by atoms with E-state index in [2.05, 4.69) is 6.07 Å². The lowest BCUT2D eigenvalue weighted by molar-refractivity contribution is 0.414. The summed E-state index contributed by atoms with van der Waals surface area (Å²) in [5, 5.41) is 20.5. The Bertz CT molecular complexity index is 1610. The molecule has 4 rings (SSSR count). The minimum absolute atomic E-state index is 0.0443. The molecule has 8 nitrogen and oxygen atoms in total. The van der Waals surface area contributed by atoms with Gasteiger partial charge in [-0.3, -0.25) is 8.61 Å². The van der Waals surface area contributed by atoms with Gasteiger partial charge in [0, 0.05) is 15.7 Å².